The minimum Gasteiger partial charge on any atom is -0.397 e. The second kappa shape index (κ2) is 96.8. The van der Waals surface area contributed by atoms with E-state index >= 15 is 0 Å². The maximum Gasteiger partial charge on any atom is 0.0402 e. The quantitative estimate of drug-likeness (QED) is 0.359. The van der Waals surface area contributed by atoms with Gasteiger partial charge in [0.2, 0.25) is 0 Å². The van der Waals surface area contributed by atoms with Crippen LogP contribution in [-0.2, 0) is 0 Å². The molecule has 0 aliphatic rings. The molecule has 0 aromatic rings. The van der Waals surface area contributed by atoms with Gasteiger partial charge in [0.15, 0.2) is 0 Å². The van der Waals surface area contributed by atoms with Gasteiger partial charge in [0.1, 0.15) is 0 Å². The van der Waals surface area contributed by atoms with Crippen LogP contribution in [0.2, 0.25) is 0 Å². The monoisotopic (exact) mass is 172 g/mol. The summed E-state index contributed by atoms with van der Waals surface area (Å²) in [7, 11) is 0. The lowest BCUT2D eigenvalue weighted by molar-refractivity contribution is 0.318. The molecule has 0 fully saturated rings. The number of aliphatic hydroxyl groups is 3. The van der Waals surface area contributed by atoms with E-state index in [1.54, 1.807) is 20.8 Å². The first-order chi connectivity index (χ1) is 4.24. The van der Waals surface area contributed by atoms with Crippen molar-refractivity contribution in [3.63, 3.8) is 0 Å². The maximum atomic E-state index is 7.57. The molecule has 0 aromatic carbocycles. The zero-order chi connectivity index (χ0) is 8.12. The van der Waals surface area contributed by atoms with E-state index in [0.29, 0.717) is 0 Å². The summed E-state index contributed by atoms with van der Waals surface area (Å²) < 4.78 is 0. The topological polar surface area (TPSA) is 131 Å². The van der Waals surface area contributed by atoms with Crippen molar-refractivity contribution in [2.45, 2.75) is 20.8 Å². The molecule has 0 unspecified atom stereocenters. The van der Waals surface area contributed by atoms with E-state index < -0.39 is 0 Å². The molecule has 9 N–H and O–H groups in total. The van der Waals surface area contributed by atoms with Crippen LogP contribution < -0.4 is 12.3 Å². The van der Waals surface area contributed by atoms with E-state index in [9.17, 15) is 0 Å². The fraction of sp³-hybridized carbons (Fsp3) is 1.00. The number of hydrogen-bond donors (Lipinski definition) is 5. The highest BCUT2D eigenvalue weighted by atomic mass is 16.3. The van der Waals surface area contributed by atoms with Gasteiger partial charge in [-0.2, -0.15) is 0 Å². The first-order valence-corrected chi connectivity index (χ1v) is 3.07. The summed E-state index contributed by atoms with van der Waals surface area (Å²) in [5.74, 6) is 0. The van der Waals surface area contributed by atoms with Gasteiger partial charge in [0.25, 0.3) is 0 Å². The van der Waals surface area contributed by atoms with Crippen molar-refractivity contribution in [2.24, 2.45) is 0 Å². The highest BCUT2D eigenvalue weighted by molar-refractivity contribution is 3.84. The Bertz CT molecular complexity index is 20.5. The van der Waals surface area contributed by atoms with Crippen molar-refractivity contribution in [1.29, 1.82) is 0 Å². The second-order valence-electron chi connectivity index (χ2n) is 0.949. The van der Waals surface area contributed by atoms with Gasteiger partial charge in [-0.15, -0.1) is 0 Å². The van der Waals surface area contributed by atoms with E-state index in [0.717, 1.165) is 0 Å². The van der Waals surface area contributed by atoms with E-state index in [1.807, 2.05) is 0 Å². The van der Waals surface area contributed by atoms with Gasteiger partial charge in [0, 0.05) is 19.8 Å². The lowest BCUT2D eigenvalue weighted by Gasteiger charge is -1.52. The molecule has 0 spiro atoms. The number of rotatable bonds is 0. The van der Waals surface area contributed by atoms with Gasteiger partial charge in [-0.1, -0.05) is 0 Å². The largest absolute Gasteiger partial charge is 0.397 e. The fourth-order valence-corrected chi connectivity index (χ4v) is 0. The number of hydrogen-bond acceptors (Lipinski definition) is 5. The third-order valence-corrected chi connectivity index (χ3v) is 0. The van der Waals surface area contributed by atoms with Crippen LogP contribution in [0.1, 0.15) is 20.8 Å². The average molecular weight is 172 g/mol. The smallest absolute Gasteiger partial charge is 0.0402 e. The Morgan fingerprint density at radius 2 is 0.636 bits per heavy atom. The Labute approximate surface area is 69.2 Å². The third-order valence-electron chi connectivity index (χ3n) is 0. The predicted octanol–water partition coefficient (Wildman–Crippen LogP) is 0.320. The highest BCUT2D eigenvalue weighted by Crippen LogP contribution is 1.30. The summed E-state index contributed by atoms with van der Waals surface area (Å²) in [5, 5.41) is 22.7. The normalized spacial score (nSPS) is 4.91. The second-order valence-corrected chi connectivity index (χ2v) is 0.949. The Hall–Kier alpha value is -0.200. The Balaban J connectivity index is -0.0000000150. The summed E-state index contributed by atoms with van der Waals surface area (Å²) in [4.78, 5) is 0. The molecule has 76 valence electrons. The van der Waals surface area contributed by atoms with Crippen LogP contribution >= 0.6 is 0 Å². The van der Waals surface area contributed by atoms with Crippen LogP contribution in [0.25, 0.3) is 0 Å². The molecule has 0 saturated carbocycles. The molecule has 0 aliphatic heterocycles. The van der Waals surface area contributed by atoms with Crippen LogP contribution in [0, 0.1) is 0 Å². The molecular weight excluding hydrogens is 148 g/mol. The first-order valence-electron chi connectivity index (χ1n) is 3.07. The molecule has 0 rings (SSSR count). The first kappa shape index (κ1) is 30.8. The van der Waals surface area contributed by atoms with Gasteiger partial charge < -0.3 is 27.6 Å². The van der Waals surface area contributed by atoms with Gasteiger partial charge in [-0.25, -0.2) is 0 Å². The SMILES string of the molecule is CCO.CCO.CCO.N.N. The van der Waals surface area contributed by atoms with E-state index in [1.165, 1.54) is 0 Å². The van der Waals surface area contributed by atoms with Crippen LogP contribution in [0.5, 0.6) is 0 Å². The molecule has 5 heteroatoms. The summed E-state index contributed by atoms with van der Waals surface area (Å²) in [5.41, 5.74) is 0. The highest BCUT2D eigenvalue weighted by Gasteiger charge is 1.35. The molecular formula is C6H24N2O3. The van der Waals surface area contributed by atoms with E-state index in [-0.39, 0.29) is 32.1 Å². The van der Waals surface area contributed by atoms with Crippen molar-refractivity contribution in [2.75, 3.05) is 19.8 Å². The van der Waals surface area contributed by atoms with Crippen LogP contribution in [0.3, 0.4) is 0 Å². The van der Waals surface area contributed by atoms with Crippen LogP contribution in [-0.4, -0.2) is 35.1 Å². The Morgan fingerprint density at radius 3 is 0.636 bits per heavy atom. The van der Waals surface area contributed by atoms with Crippen molar-refractivity contribution >= 4 is 0 Å². The lowest BCUT2D eigenvalue weighted by Crippen LogP contribution is -1.57. The van der Waals surface area contributed by atoms with Gasteiger partial charge >= 0.3 is 0 Å². The molecule has 0 amide bonds. The van der Waals surface area contributed by atoms with Crippen LogP contribution in [0.4, 0.5) is 0 Å². The van der Waals surface area contributed by atoms with Crippen molar-refractivity contribution in [1.82, 2.24) is 12.3 Å². The summed E-state index contributed by atoms with van der Waals surface area (Å²) in [6, 6.07) is 0. The zero-order valence-electron chi connectivity index (χ0n) is 7.88. The summed E-state index contributed by atoms with van der Waals surface area (Å²) in [6.45, 7) is 5.79. The minimum absolute atomic E-state index is 0. The molecule has 0 radical (unpaired) electrons. The van der Waals surface area contributed by atoms with Gasteiger partial charge in [-0.05, 0) is 20.8 Å². The molecule has 0 atom stereocenters. The molecule has 0 aromatic heterocycles. The van der Waals surface area contributed by atoms with Crippen molar-refractivity contribution in [3.05, 3.63) is 0 Å². The molecule has 5 nitrogen and oxygen atoms in total. The minimum atomic E-state index is 0. The average Bonchev–Trinajstić information content (AvgIpc) is 1.70. The predicted molar refractivity (Wildman–Crippen MR) is 48.3 cm³/mol. The van der Waals surface area contributed by atoms with Gasteiger partial charge in [0.05, 0.1) is 0 Å². The van der Waals surface area contributed by atoms with E-state index in [2.05, 4.69) is 0 Å². The fourth-order valence-electron chi connectivity index (χ4n) is 0. The standard InChI is InChI=1S/3C2H6O.2H3N/c3*1-2-3;;/h3*3H,2H2,1H3;2*1H3. The van der Waals surface area contributed by atoms with E-state index in [4.69, 9.17) is 15.3 Å². The Morgan fingerprint density at radius 1 is 0.636 bits per heavy atom. The third kappa shape index (κ3) is 14900. The molecule has 0 heterocycles. The number of aliphatic hydroxyl groups excluding tert-OH is 3. The Kier molecular flexibility index (Phi) is 271. The molecule has 0 saturated heterocycles. The van der Waals surface area contributed by atoms with Gasteiger partial charge in [-0.3, -0.25) is 0 Å². The summed E-state index contributed by atoms with van der Waals surface area (Å²) in [6.07, 6.45) is 0. The maximum absolute atomic E-state index is 7.57. The van der Waals surface area contributed by atoms with Crippen molar-refractivity contribution < 1.29 is 15.3 Å². The molecule has 0 aliphatic carbocycles. The molecule has 11 heavy (non-hydrogen) atoms. The summed E-state index contributed by atoms with van der Waals surface area (Å²) >= 11 is 0. The lowest BCUT2D eigenvalue weighted by atomic mass is 10.9. The van der Waals surface area contributed by atoms with Crippen molar-refractivity contribution in [3.8, 4) is 0 Å². The van der Waals surface area contributed by atoms with Crippen LogP contribution in [0.15, 0.2) is 0 Å². The molecule has 0 bridgehead atoms. The zero-order valence-corrected chi connectivity index (χ0v) is 7.88.